The lowest BCUT2D eigenvalue weighted by molar-refractivity contribution is -0.903. The summed E-state index contributed by atoms with van der Waals surface area (Å²) >= 11 is 0. The van der Waals surface area contributed by atoms with Crippen LogP contribution < -0.4 is 24.8 Å². The predicted octanol–water partition coefficient (Wildman–Crippen LogP) is 9.50. The molecule has 2 rings (SSSR count). The Bertz CT molecular complexity index is 913. The minimum absolute atomic E-state index is 0. The molecule has 316 valence electrons. The molecule has 0 atom stereocenters. The van der Waals surface area contributed by atoms with Gasteiger partial charge in [0.1, 0.15) is 13.1 Å². The molecular weight excluding hydrogens is 699 g/mol. The third kappa shape index (κ3) is 36.6. The summed E-state index contributed by atoms with van der Waals surface area (Å²) in [4.78, 5) is 0. The second kappa shape index (κ2) is 38.8. The van der Waals surface area contributed by atoms with Gasteiger partial charge in [-0.15, -0.1) is 0 Å². The molecule has 2 nitrogen and oxygen atoms in total. The topological polar surface area (TPSA) is 0 Å². The molecule has 0 bridgehead atoms. The molecule has 0 saturated heterocycles. The highest BCUT2D eigenvalue weighted by molar-refractivity contribution is 5.14. The summed E-state index contributed by atoms with van der Waals surface area (Å²) in [6.07, 6.45) is 40.4. The first-order valence-corrected chi connectivity index (χ1v) is 23.0. The lowest BCUT2D eigenvalue weighted by Crippen LogP contribution is -3.00. The number of rotatable bonds is 34. The third-order valence-electron chi connectivity index (χ3n) is 11.1. The Morgan fingerprint density at radius 2 is 0.500 bits per heavy atom. The number of nitrogens with zero attached hydrogens (tertiary/aromatic N) is 2. The van der Waals surface area contributed by atoms with Gasteiger partial charge in [-0.1, -0.05) is 229 Å². The van der Waals surface area contributed by atoms with E-state index < -0.39 is 0 Å². The smallest absolute Gasteiger partial charge is 0.104 e. The first kappa shape index (κ1) is 55.0. The molecule has 0 aromatic heterocycles. The van der Waals surface area contributed by atoms with Crippen molar-refractivity contribution in [2.45, 2.75) is 207 Å². The zero-order chi connectivity index (χ0) is 37.9. The van der Waals surface area contributed by atoms with Crippen LogP contribution in [0.1, 0.15) is 205 Å². The first-order chi connectivity index (χ1) is 25.3. The maximum absolute atomic E-state index is 2.37. The Kier molecular flexibility index (Phi) is 39.5. The first-order valence-electron chi connectivity index (χ1n) is 23.0. The summed E-state index contributed by atoms with van der Waals surface area (Å²) in [5.74, 6) is 0. The predicted molar refractivity (Wildman–Crippen MR) is 235 cm³/mol. The van der Waals surface area contributed by atoms with Gasteiger partial charge < -0.3 is 33.8 Å². The molecule has 0 aliphatic heterocycles. The summed E-state index contributed by atoms with van der Waals surface area (Å²) in [6.45, 7) is 9.49. The van der Waals surface area contributed by atoms with Crippen LogP contribution in [0.5, 0.6) is 0 Å². The van der Waals surface area contributed by atoms with Crippen LogP contribution in [0.15, 0.2) is 60.7 Å². The number of hydrogen-bond donors (Lipinski definition) is 0. The number of hydrogen-bond acceptors (Lipinski definition) is 0. The standard InChI is InChI=1S/2C25H46N.2ClH/c2*1-4-5-6-7-8-9-10-11-12-13-14-15-16-20-23-26(2,3)24-25-21-18-17-19-22-25;;/h2*17-19,21-22H,4-16,20,23-24H2,1-3H3;2*1H/q2*+1;;/p-2. The van der Waals surface area contributed by atoms with Crippen LogP contribution in [-0.2, 0) is 13.1 Å². The van der Waals surface area contributed by atoms with E-state index in [1.807, 2.05) is 0 Å². The van der Waals surface area contributed by atoms with Crippen LogP contribution in [0.4, 0.5) is 0 Å². The highest BCUT2D eigenvalue weighted by atomic mass is 35.5. The summed E-state index contributed by atoms with van der Waals surface area (Å²) in [5.41, 5.74) is 2.92. The summed E-state index contributed by atoms with van der Waals surface area (Å²) in [7, 11) is 9.48. The lowest BCUT2D eigenvalue weighted by atomic mass is 10.0. The Hall–Kier alpha value is -1.06. The maximum atomic E-state index is 2.37. The van der Waals surface area contributed by atoms with E-state index in [2.05, 4.69) is 103 Å². The van der Waals surface area contributed by atoms with E-state index >= 15 is 0 Å². The molecule has 0 aliphatic rings. The van der Waals surface area contributed by atoms with Crippen molar-refractivity contribution in [3.05, 3.63) is 71.8 Å². The highest BCUT2D eigenvalue weighted by Crippen LogP contribution is 2.17. The van der Waals surface area contributed by atoms with Crippen molar-refractivity contribution < 1.29 is 33.8 Å². The second-order valence-corrected chi connectivity index (χ2v) is 17.8. The molecule has 0 unspecified atom stereocenters. The van der Waals surface area contributed by atoms with Crippen LogP contribution >= 0.6 is 0 Å². The van der Waals surface area contributed by atoms with Crippen LogP contribution in [0.25, 0.3) is 0 Å². The number of unbranched alkanes of at least 4 members (excludes halogenated alkanes) is 26. The minimum Gasteiger partial charge on any atom is -1.00 e. The van der Waals surface area contributed by atoms with Crippen LogP contribution in [0, 0.1) is 0 Å². The molecule has 0 heterocycles. The van der Waals surface area contributed by atoms with E-state index in [1.54, 1.807) is 0 Å². The molecule has 0 spiro atoms. The normalized spacial score (nSPS) is 11.4. The van der Waals surface area contributed by atoms with Crippen molar-refractivity contribution in [3.63, 3.8) is 0 Å². The molecule has 0 saturated carbocycles. The molecule has 0 N–H and O–H groups in total. The maximum Gasteiger partial charge on any atom is 0.104 e. The quantitative estimate of drug-likeness (QED) is 0.0490. The Balaban J connectivity index is 0. The summed E-state index contributed by atoms with van der Waals surface area (Å²) < 4.78 is 2.23. The van der Waals surface area contributed by atoms with Gasteiger partial charge in [0, 0.05) is 11.1 Å². The fourth-order valence-electron chi connectivity index (χ4n) is 7.78. The average molecular weight is 792 g/mol. The molecule has 2 aromatic rings. The van der Waals surface area contributed by atoms with Gasteiger partial charge in [0.25, 0.3) is 0 Å². The Labute approximate surface area is 352 Å². The van der Waals surface area contributed by atoms with Crippen molar-refractivity contribution in [1.82, 2.24) is 0 Å². The van der Waals surface area contributed by atoms with E-state index in [-0.39, 0.29) is 24.8 Å². The lowest BCUT2D eigenvalue weighted by Gasteiger charge is -2.30. The van der Waals surface area contributed by atoms with E-state index in [0.29, 0.717) is 0 Å². The molecule has 0 radical (unpaired) electrons. The molecule has 4 heteroatoms. The third-order valence-corrected chi connectivity index (χ3v) is 11.1. The number of quaternary nitrogens is 2. The summed E-state index contributed by atoms with van der Waals surface area (Å²) in [6, 6.07) is 21.9. The van der Waals surface area contributed by atoms with Gasteiger partial charge in [0.15, 0.2) is 0 Å². The fraction of sp³-hybridized carbons (Fsp3) is 0.760. The number of halogens is 2. The van der Waals surface area contributed by atoms with Gasteiger partial charge in [-0.3, -0.25) is 0 Å². The van der Waals surface area contributed by atoms with Gasteiger partial charge in [0.05, 0.1) is 41.3 Å². The molecule has 0 amide bonds. The Morgan fingerprint density at radius 3 is 0.722 bits per heavy atom. The molecular formula is C50H92Cl2N2. The second-order valence-electron chi connectivity index (χ2n) is 17.8. The fourth-order valence-corrected chi connectivity index (χ4v) is 7.78. The largest absolute Gasteiger partial charge is 1.00 e. The van der Waals surface area contributed by atoms with Gasteiger partial charge in [-0.2, -0.15) is 0 Å². The van der Waals surface area contributed by atoms with Crippen molar-refractivity contribution in [2.75, 3.05) is 41.3 Å². The van der Waals surface area contributed by atoms with Gasteiger partial charge in [-0.25, -0.2) is 0 Å². The Morgan fingerprint density at radius 1 is 0.296 bits per heavy atom. The van der Waals surface area contributed by atoms with E-state index in [0.717, 1.165) is 22.1 Å². The SMILES string of the molecule is CCCCCCCCCCCCCCCC[N+](C)(C)Cc1ccccc1.CCCCCCCCCCCCCCCC[N+](C)(C)Cc1ccccc1.[Cl-].[Cl-]. The zero-order valence-corrected chi connectivity index (χ0v) is 38.6. The monoisotopic (exact) mass is 791 g/mol. The molecule has 0 aliphatic carbocycles. The van der Waals surface area contributed by atoms with E-state index in [1.165, 1.54) is 204 Å². The van der Waals surface area contributed by atoms with Crippen LogP contribution in [0.3, 0.4) is 0 Å². The highest BCUT2D eigenvalue weighted by Gasteiger charge is 2.16. The molecule has 0 fully saturated rings. The van der Waals surface area contributed by atoms with E-state index in [9.17, 15) is 0 Å². The average Bonchev–Trinajstić information content (AvgIpc) is 3.12. The van der Waals surface area contributed by atoms with Crippen molar-refractivity contribution in [2.24, 2.45) is 0 Å². The molecule has 2 aromatic carbocycles. The van der Waals surface area contributed by atoms with Crippen molar-refractivity contribution in [1.29, 1.82) is 0 Å². The number of benzene rings is 2. The van der Waals surface area contributed by atoms with Crippen molar-refractivity contribution >= 4 is 0 Å². The van der Waals surface area contributed by atoms with Gasteiger partial charge in [-0.05, 0) is 25.7 Å². The summed E-state index contributed by atoms with van der Waals surface area (Å²) in [5, 5.41) is 0. The zero-order valence-electron chi connectivity index (χ0n) is 37.1. The van der Waals surface area contributed by atoms with Gasteiger partial charge >= 0.3 is 0 Å². The van der Waals surface area contributed by atoms with Crippen molar-refractivity contribution in [3.8, 4) is 0 Å². The van der Waals surface area contributed by atoms with Crippen LogP contribution in [-0.4, -0.2) is 50.2 Å². The van der Waals surface area contributed by atoms with Crippen LogP contribution in [0.2, 0.25) is 0 Å². The molecule has 54 heavy (non-hydrogen) atoms. The van der Waals surface area contributed by atoms with Gasteiger partial charge in [0.2, 0.25) is 0 Å². The minimum atomic E-state index is 0. The van der Waals surface area contributed by atoms with E-state index in [4.69, 9.17) is 0 Å².